The largest absolute Gasteiger partial charge is 0.497 e. The van der Waals surface area contributed by atoms with Gasteiger partial charge in [-0.05, 0) is 61.5 Å². The third-order valence-electron chi connectivity index (χ3n) is 3.75. The van der Waals surface area contributed by atoms with Gasteiger partial charge < -0.3 is 15.2 Å². The summed E-state index contributed by atoms with van der Waals surface area (Å²) >= 11 is 0. The SMILES string of the molecule is CCOc1ccc(-n2nc(CN)cc2-c2ccc(OC)cc2)cc1. The van der Waals surface area contributed by atoms with Crippen molar-refractivity contribution in [1.29, 1.82) is 0 Å². The van der Waals surface area contributed by atoms with E-state index in [4.69, 9.17) is 15.2 Å². The van der Waals surface area contributed by atoms with E-state index in [0.717, 1.165) is 34.1 Å². The molecule has 0 bridgehead atoms. The fraction of sp³-hybridized carbons (Fsp3) is 0.211. The maximum atomic E-state index is 5.78. The quantitative estimate of drug-likeness (QED) is 0.755. The van der Waals surface area contributed by atoms with Crippen molar-refractivity contribution in [3.63, 3.8) is 0 Å². The van der Waals surface area contributed by atoms with Gasteiger partial charge >= 0.3 is 0 Å². The molecule has 3 aromatic rings. The van der Waals surface area contributed by atoms with Gasteiger partial charge in [0.15, 0.2) is 0 Å². The molecule has 1 heterocycles. The van der Waals surface area contributed by atoms with E-state index < -0.39 is 0 Å². The standard InChI is InChI=1S/C19H21N3O2/c1-3-24-18-10-6-16(7-11-18)22-19(12-15(13-20)21-22)14-4-8-17(23-2)9-5-14/h4-12H,3,13,20H2,1-2H3. The van der Waals surface area contributed by atoms with Crippen LogP contribution in [0.2, 0.25) is 0 Å². The zero-order valence-corrected chi connectivity index (χ0v) is 13.9. The predicted octanol–water partition coefficient (Wildman–Crippen LogP) is 3.41. The Labute approximate surface area is 141 Å². The van der Waals surface area contributed by atoms with Crippen molar-refractivity contribution >= 4 is 0 Å². The van der Waals surface area contributed by atoms with Gasteiger partial charge in [0.25, 0.3) is 0 Å². The third-order valence-corrected chi connectivity index (χ3v) is 3.75. The van der Waals surface area contributed by atoms with E-state index in [2.05, 4.69) is 5.10 Å². The molecular formula is C19H21N3O2. The lowest BCUT2D eigenvalue weighted by Gasteiger charge is -2.09. The highest BCUT2D eigenvalue weighted by Gasteiger charge is 2.11. The van der Waals surface area contributed by atoms with Crippen molar-refractivity contribution in [2.45, 2.75) is 13.5 Å². The Balaban J connectivity index is 2.01. The molecule has 0 aliphatic heterocycles. The molecule has 2 N–H and O–H groups in total. The van der Waals surface area contributed by atoms with E-state index in [9.17, 15) is 0 Å². The molecule has 2 aromatic carbocycles. The highest BCUT2D eigenvalue weighted by molar-refractivity contribution is 5.63. The molecule has 24 heavy (non-hydrogen) atoms. The highest BCUT2D eigenvalue weighted by atomic mass is 16.5. The predicted molar refractivity (Wildman–Crippen MR) is 94.6 cm³/mol. The van der Waals surface area contributed by atoms with E-state index in [1.54, 1.807) is 7.11 Å². The topological polar surface area (TPSA) is 62.3 Å². The molecule has 0 unspecified atom stereocenters. The number of ether oxygens (including phenoxy) is 2. The van der Waals surface area contributed by atoms with Crippen LogP contribution in [0.4, 0.5) is 0 Å². The van der Waals surface area contributed by atoms with Crippen molar-refractivity contribution in [3.05, 3.63) is 60.3 Å². The third kappa shape index (κ3) is 3.26. The van der Waals surface area contributed by atoms with Gasteiger partial charge in [-0.3, -0.25) is 0 Å². The van der Waals surface area contributed by atoms with Gasteiger partial charge in [-0.25, -0.2) is 4.68 Å². The van der Waals surface area contributed by atoms with Crippen LogP contribution in [0, 0.1) is 0 Å². The molecular weight excluding hydrogens is 302 g/mol. The monoisotopic (exact) mass is 323 g/mol. The second-order valence-corrected chi connectivity index (χ2v) is 5.29. The minimum atomic E-state index is 0.396. The minimum absolute atomic E-state index is 0.396. The van der Waals surface area contributed by atoms with Crippen LogP contribution in [0.15, 0.2) is 54.6 Å². The van der Waals surface area contributed by atoms with Crippen molar-refractivity contribution in [3.8, 4) is 28.4 Å². The van der Waals surface area contributed by atoms with Crippen molar-refractivity contribution in [1.82, 2.24) is 9.78 Å². The van der Waals surface area contributed by atoms with Gasteiger partial charge in [-0.15, -0.1) is 0 Å². The molecule has 0 amide bonds. The van der Waals surface area contributed by atoms with Crippen LogP contribution in [0.5, 0.6) is 11.5 Å². The van der Waals surface area contributed by atoms with Crippen molar-refractivity contribution < 1.29 is 9.47 Å². The molecule has 0 saturated heterocycles. The summed E-state index contributed by atoms with van der Waals surface area (Å²) in [6.07, 6.45) is 0. The normalized spacial score (nSPS) is 10.6. The van der Waals surface area contributed by atoms with Crippen LogP contribution < -0.4 is 15.2 Å². The number of hydrogen-bond acceptors (Lipinski definition) is 4. The smallest absolute Gasteiger partial charge is 0.119 e. The summed E-state index contributed by atoms with van der Waals surface area (Å²) in [5, 5.41) is 4.61. The average molecular weight is 323 g/mol. The van der Waals surface area contributed by atoms with E-state index in [-0.39, 0.29) is 0 Å². The number of nitrogens with two attached hydrogens (primary N) is 1. The van der Waals surface area contributed by atoms with Gasteiger partial charge in [0.05, 0.1) is 30.8 Å². The molecule has 3 rings (SSSR count). The Kier molecular flexibility index (Phi) is 4.82. The first-order chi connectivity index (χ1) is 11.7. The molecule has 5 heteroatoms. The molecule has 124 valence electrons. The Morgan fingerprint density at radius 3 is 2.25 bits per heavy atom. The first-order valence-electron chi connectivity index (χ1n) is 7.91. The summed E-state index contributed by atoms with van der Waals surface area (Å²) in [6.45, 7) is 3.01. The minimum Gasteiger partial charge on any atom is -0.497 e. The number of hydrogen-bond donors (Lipinski definition) is 1. The summed E-state index contributed by atoms with van der Waals surface area (Å²) in [5.74, 6) is 1.67. The lowest BCUT2D eigenvalue weighted by Crippen LogP contribution is -2.02. The summed E-state index contributed by atoms with van der Waals surface area (Å²) in [6, 6.07) is 17.8. The molecule has 0 radical (unpaired) electrons. The fourth-order valence-corrected chi connectivity index (χ4v) is 2.54. The van der Waals surface area contributed by atoms with Crippen LogP contribution in [-0.4, -0.2) is 23.5 Å². The molecule has 0 aliphatic rings. The van der Waals surface area contributed by atoms with Crippen LogP contribution in [0.25, 0.3) is 16.9 Å². The van der Waals surface area contributed by atoms with Crippen molar-refractivity contribution in [2.75, 3.05) is 13.7 Å². The van der Waals surface area contributed by atoms with Gasteiger partial charge in [-0.2, -0.15) is 5.10 Å². The number of methoxy groups -OCH3 is 1. The maximum absolute atomic E-state index is 5.78. The van der Waals surface area contributed by atoms with Crippen LogP contribution >= 0.6 is 0 Å². The molecule has 0 saturated carbocycles. The van der Waals surface area contributed by atoms with E-state index in [1.165, 1.54) is 0 Å². The summed E-state index contributed by atoms with van der Waals surface area (Å²) in [5.41, 5.74) is 9.63. The highest BCUT2D eigenvalue weighted by Crippen LogP contribution is 2.26. The van der Waals surface area contributed by atoms with Gasteiger partial charge in [-0.1, -0.05) is 0 Å². The van der Waals surface area contributed by atoms with Gasteiger partial charge in [0.2, 0.25) is 0 Å². The van der Waals surface area contributed by atoms with E-state index >= 15 is 0 Å². The molecule has 0 fully saturated rings. The Bertz CT molecular complexity index is 792. The van der Waals surface area contributed by atoms with E-state index in [1.807, 2.05) is 66.2 Å². The van der Waals surface area contributed by atoms with E-state index in [0.29, 0.717) is 13.2 Å². The number of benzene rings is 2. The van der Waals surface area contributed by atoms with Crippen molar-refractivity contribution in [2.24, 2.45) is 5.73 Å². The summed E-state index contributed by atoms with van der Waals surface area (Å²) in [7, 11) is 1.66. The van der Waals surface area contributed by atoms with Crippen LogP contribution in [0.3, 0.4) is 0 Å². The fourth-order valence-electron chi connectivity index (χ4n) is 2.54. The number of aromatic nitrogens is 2. The molecule has 0 atom stereocenters. The summed E-state index contributed by atoms with van der Waals surface area (Å²) in [4.78, 5) is 0. The first kappa shape index (κ1) is 16.1. The van der Waals surface area contributed by atoms with Gasteiger partial charge in [0.1, 0.15) is 11.5 Å². The second-order valence-electron chi connectivity index (χ2n) is 5.29. The number of rotatable bonds is 6. The zero-order chi connectivity index (χ0) is 16.9. The molecule has 1 aromatic heterocycles. The zero-order valence-electron chi connectivity index (χ0n) is 13.9. The first-order valence-corrected chi connectivity index (χ1v) is 7.91. The molecule has 0 spiro atoms. The Morgan fingerprint density at radius 1 is 1.00 bits per heavy atom. The Morgan fingerprint density at radius 2 is 1.67 bits per heavy atom. The maximum Gasteiger partial charge on any atom is 0.119 e. The lowest BCUT2D eigenvalue weighted by molar-refractivity contribution is 0.340. The van der Waals surface area contributed by atoms with Gasteiger partial charge in [0, 0.05) is 12.1 Å². The Hall–Kier alpha value is -2.79. The van der Waals surface area contributed by atoms with Crippen LogP contribution in [-0.2, 0) is 6.54 Å². The molecule has 5 nitrogen and oxygen atoms in total. The van der Waals surface area contributed by atoms with Crippen LogP contribution in [0.1, 0.15) is 12.6 Å². The lowest BCUT2D eigenvalue weighted by atomic mass is 10.1. The number of nitrogens with zero attached hydrogens (tertiary/aromatic N) is 2. The summed E-state index contributed by atoms with van der Waals surface area (Å²) < 4.78 is 12.6. The average Bonchev–Trinajstić information content (AvgIpc) is 3.07. The molecule has 0 aliphatic carbocycles. The second kappa shape index (κ2) is 7.19.